The minimum atomic E-state index is -0.0530. The first-order chi connectivity index (χ1) is 14.1. The number of fused-ring (bicyclic) bond motifs is 2. The molecule has 0 unspecified atom stereocenters. The van der Waals surface area contributed by atoms with Gasteiger partial charge in [-0.15, -0.1) is 11.3 Å². The molecule has 1 amide bonds. The molecule has 4 rings (SSSR count). The molecule has 0 aliphatic heterocycles. The molecular weight excluding hydrogens is 382 g/mol. The summed E-state index contributed by atoms with van der Waals surface area (Å²) in [6.07, 6.45) is 0. The Labute approximate surface area is 173 Å². The number of amides is 1. The number of carbonyl (C=O) groups is 1. The van der Waals surface area contributed by atoms with Gasteiger partial charge in [0.2, 0.25) is 0 Å². The van der Waals surface area contributed by atoms with Crippen molar-refractivity contribution in [3.8, 4) is 5.75 Å². The van der Waals surface area contributed by atoms with E-state index in [1.165, 1.54) is 16.9 Å². The van der Waals surface area contributed by atoms with E-state index in [0.29, 0.717) is 11.4 Å². The third kappa shape index (κ3) is 4.55. The highest BCUT2D eigenvalue weighted by molar-refractivity contribution is 7.20. The molecule has 1 N–H and O–H groups in total. The summed E-state index contributed by atoms with van der Waals surface area (Å²) >= 11 is 1.42. The maximum Gasteiger partial charge on any atom is 0.261 e. The molecule has 0 saturated heterocycles. The summed E-state index contributed by atoms with van der Waals surface area (Å²) in [7, 11) is 3.71. The van der Waals surface area contributed by atoms with Crippen LogP contribution in [0.4, 0.5) is 0 Å². The van der Waals surface area contributed by atoms with E-state index in [0.717, 1.165) is 40.0 Å². The number of benzene rings is 2. The second kappa shape index (κ2) is 8.59. The third-order valence-corrected chi connectivity index (χ3v) is 5.85. The number of hydrogen-bond donors (Lipinski definition) is 1. The maximum absolute atomic E-state index is 12.6. The first kappa shape index (κ1) is 19.4. The van der Waals surface area contributed by atoms with Crippen molar-refractivity contribution in [2.24, 2.45) is 0 Å². The zero-order chi connectivity index (χ0) is 20.2. The standard InChI is InChI=1S/C23H23N3O2S/c1-26(15-16-6-4-3-5-7-16)11-10-24-22(27)21-14-18-12-17-13-19(28-2)8-9-20(17)25-23(18)29-21/h3-9,12-14H,10-11,15H2,1-2H3,(H,24,27). The highest BCUT2D eigenvalue weighted by Gasteiger charge is 2.12. The summed E-state index contributed by atoms with van der Waals surface area (Å²) in [5.74, 6) is 0.745. The van der Waals surface area contributed by atoms with Crippen molar-refractivity contribution >= 4 is 38.4 Å². The van der Waals surface area contributed by atoms with Crippen molar-refractivity contribution in [2.75, 3.05) is 27.2 Å². The number of methoxy groups -OCH3 is 1. The molecule has 0 saturated carbocycles. The molecule has 6 heteroatoms. The Hall–Kier alpha value is -2.96. The summed E-state index contributed by atoms with van der Waals surface area (Å²) in [6.45, 7) is 2.25. The summed E-state index contributed by atoms with van der Waals surface area (Å²) in [4.78, 5) is 21.0. The molecule has 0 bridgehead atoms. The van der Waals surface area contributed by atoms with Crippen LogP contribution in [0.3, 0.4) is 0 Å². The maximum atomic E-state index is 12.6. The van der Waals surface area contributed by atoms with Gasteiger partial charge in [-0.3, -0.25) is 4.79 Å². The molecule has 4 aromatic rings. The molecule has 148 valence electrons. The van der Waals surface area contributed by atoms with Gasteiger partial charge in [0, 0.05) is 30.4 Å². The van der Waals surface area contributed by atoms with Crippen molar-refractivity contribution < 1.29 is 9.53 Å². The topological polar surface area (TPSA) is 54.5 Å². The normalized spacial score (nSPS) is 11.3. The Morgan fingerprint density at radius 3 is 2.72 bits per heavy atom. The molecule has 2 aromatic heterocycles. The quantitative estimate of drug-likeness (QED) is 0.498. The van der Waals surface area contributed by atoms with Crippen molar-refractivity contribution in [3.63, 3.8) is 0 Å². The lowest BCUT2D eigenvalue weighted by molar-refractivity contribution is 0.0953. The number of ether oxygens (including phenoxy) is 1. The average Bonchev–Trinajstić information content (AvgIpc) is 3.15. The van der Waals surface area contributed by atoms with E-state index in [2.05, 4.69) is 40.4 Å². The number of aromatic nitrogens is 1. The van der Waals surface area contributed by atoms with E-state index in [1.54, 1.807) is 7.11 Å². The van der Waals surface area contributed by atoms with Crippen LogP contribution >= 0.6 is 11.3 Å². The van der Waals surface area contributed by atoms with Gasteiger partial charge in [-0.1, -0.05) is 30.3 Å². The number of rotatable bonds is 7. The SMILES string of the molecule is COc1ccc2nc3sc(C(=O)NCCN(C)Cc4ccccc4)cc3cc2c1. The molecule has 29 heavy (non-hydrogen) atoms. The van der Waals surface area contributed by atoms with E-state index in [9.17, 15) is 4.79 Å². The van der Waals surface area contributed by atoms with Gasteiger partial charge in [0.25, 0.3) is 5.91 Å². The van der Waals surface area contributed by atoms with Crippen LogP contribution in [0.15, 0.2) is 60.7 Å². The van der Waals surface area contributed by atoms with E-state index < -0.39 is 0 Å². The van der Waals surface area contributed by atoms with Crippen LogP contribution in [0, 0.1) is 0 Å². The Balaban J connectivity index is 1.39. The van der Waals surface area contributed by atoms with E-state index >= 15 is 0 Å². The summed E-state index contributed by atoms with van der Waals surface area (Å²) < 4.78 is 5.29. The Kier molecular flexibility index (Phi) is 5.74. The van der Waals surface area contributed by atoms with Crippen LogP contribution in [0.5, 0.6) is 5.75 Å². The molecule has 0 aliphatic carbocycles. The van der Waals surface area contributed by atoms with Gasteiger partial charge in [-0.2, -0.15) is 0 Å². The number of pyridine rings is 1. The zero-order valence-corrected chi connectivity index (χ0v) is 17.3. The first-order valence-electron chi connectivity index (χ1n) is 9.51. The van der Waals surface area contributed by atoms with Crippen LogP contribution in [-0.4, -0.2) is 43.0 Å². The van der Waals surface area contributed by atoms with Crippen LogP contribution in [0.25, 0.3) is 21.1 Å². The molecule has 0 radical (unpaired) electrons. The summed E-state index contributed by atoms with van der Waals surface area (Å²) in [5, 5.41) is 5.00. The Morgan fingerprint density at radius 1 is 1.10 bits per heavy atom. The lowest BCUT2D eigenvalue weighted by Crippen LogP contribution is -2.32. The first-order valence-corrected chi connectivity index (χ1v) is 10.3. The van der Waals surface area contributed by atoms with Gasteiger partial charge >= 0.3 is 0 Å². The monoisotopic (exact) mass is 405 g/mol. The number of hydrogen-bond acceptors (Lipinski definition) is 5. The fourth-order valence-corrected chi connectivity index (χ4v) is 4.21. The van der Waals surface area contributed by atoms with Gasteiger partial charge in [0.05, 0.1) is 17.5 Å². The molecule has 0 fully saturated rings. The number of carbonyl (C=O) groups excluding carboxylic acids is 1. The van der Waals surface area contributed by atoms with Gasteiger partial charge in [-0.05, 0) is 42.9 Å². The molecule has 2 aromatic carbocycles. The number of likely N-dealkylation sites (N-methyl/N-ethyl adjacent to an activating group) is 1. The van der Waals surface area contributed by atoms with E-state index in [4.69, 9.17) is 4.74 Å². The van der Waals surface area contributed by atoms with E-state index in [1.807, 2.05) is 42.5 Å². The molecule has 5 nitrogen and oxygen atoms in total. The Bertz CT molecular complexity index is 1140. The molecule has 0 atom stereocenters. The second-order valence-electron chi connectivity index (χ2n) is 7.03. The Morgan fingerprint density at radius 2 is 1.93 bits per heavy atom. The van der Waals surface area contributed by atoms with E-state index in [-0.39, 0.29) is 5.91 Å². The van der Waals surface area contributed by atoms with Crippen molar-refractivity contribution in [1.82, 2.24) is 15.2 Å². The number of nitrogens with one attached hydrogen (secondary N) is 1. The fourth-order valence-electron chi connectivity index (χ4n) is 3.27. The molecule has 0 spiro atoms. The molecular formula is C23H23N3O2S. The van der Waals surface area contributed by atoms with Gasteiger partial charge < -0.3 is 15.0 Å². The zero-order valence-electron chi connectivity index (χ0n) is 16.5. The number of nitrogens with zero attached hydrogens (tertiary/aromatic N) is 2. The van der Waals surface area contributed by atoms with Gasteiger partial charge in [-0.25, -0.2) is 4.98 Å². The minimum Gasteiger partial charge on any atom is -0.497 e. The van der Waals surface area contributed by atoms with Crippen LogP contribution < -0.4 is 10.1 Å². The minimum absolute atomic E-state index is 0.0530. The largest absolute Gasteiger partial charge is 0.497 e. The number of thiophene rings is 1. The van der Waals surface area contributed by atoms with Gasteiger partial charge in [0.15, 0.2) is 0 Å². The fraction of sp³-hybridized carbons (Fsp3) is 0.217. The van der Waals surface area contributed by atoms with Crippen LogP contribution in [0.1, 0.15) is 15.2 Å². The average molecular weight is 406 g/mol. The van der Waals surface area contributed by atoms with Crippen LogP contribution in [0.2, 0.25) is 0 Å². The molecule has 0 aliphatic rings. The lowest BCUT2D eigenvalue weighted by Gasteiger charge is -2.16. The summed E-state index contributed by atoms with van der Waals surface area (Å²) in [6, 6.07) is 20.1. The molecule has 2 heterocycles. The second-order valence-corrected chi connectivity index (χ2v) is 8.06. The smallest absolute Gasteiger partial charge is 0.261 e. The van der Waals surface area contributed by atoms with Crippen molar-refractivity contribution in [2.45, 2.75) is 6.54 Å². The predicted molar refractivity (Wildman–Crippen MR) is 119 cm³/mol. The third-order valence-electron chi connectivity index (χ3n) is 4.81. The van der Waals surface area contributed by atoms with Gasteiger partial charge in [0.1, 0.15) is 10.6 Å². The highest BCUT2D eigenvalue weighted by Crippen LogP contribution is 2.29. The van der Waals surface area contributed by atoms with Crippen molar-refractivity contribution in [3.05, 3.63) is 71.1 Å². The predicted octanol–water partition coefficient (Wildman–Crippen LogP) is 4.32. The summed E-state index contributed by atoms with van der Waals surface area (Å²) in [5.41, 5.74) is 2.16. The highest BCUT2D eigenvalue weighted by atomic mass is 32.1. The van der Waals surface area contributed by atoms with Crippen molar-refractivity contribution in [1.29, 1.82) is 0 Å². The van der Waals surface area contributed by atoms with Crippen LogP contribution in [-0.2, 0) is 6.54 Å². The lowest BCUT2D eigenvalue weighted by atomic mass is 10.2.